The Morgan fingerprint density at radius 2 is 2.17 bits per heavy atom. The molecule has 94 valence electrons. The zero-order valence-corrected chi connectivity index (χ0v) is 10.8. The van der Waals surface area contributed by atoms with Crippen molar-refractivity contribution in [2.24, 2.45) is 0 Å². The molecule has 0 atom stereocenters. The summed E-state index contributed by atoms with van der Waals surface area (Å²) in [7, 11) is 2.00. The maximum atomic E-state index is 3.62. The fourth-order valence-corrected chi connectivity index (χ4v) is 3.61. The van der Waals surface area contributed by atoms with Crippen molar-refractivity contribution in [3.8, 4) is 0 Å². The Morgan fingerprint density at radius 3 is 2.94 bits per heavy atom. The topological polar surface area (TPSA) is 31.1 Å². The highest BCUT2D eigenvalue weighted by Gasteiger charge is 2.33. The maximum absolute atomic E-state index is 3.62. The molecule has 5 rings (SSSR count). The summed E-state index contributed by atoms with van der Waals surface area (Å²) >= 11 is 0. The second-order valence-electron chi connectivity index (χ2n) is 5.56. The lowest BCUT2D eigenvalue weighted by Crippen LogP contribution is -2.38. The molecule has 0 aliphatic carbocycles. The van der Waals surface area contributed by atoms with Crippen LogP contribution in [0.25, 0.3) is 10.9 Å². The smallest absolute Gasteiger partial charge is 0.110 e. The third-order valence-electron chi connectivity index (χ3n) is 4.48. The first-order valence-electron chi connectivity index (χ1n) is 6.91. The van der Waals surface area contributed by atoms with E-state index in [0.29, 0.717) is 0 Å². The molecule has 1 aromatic carbocycles. The van der Waals surface area contributed by atoms with Gasteiger partial charge < -0.3 is 15.2 Å². The van der Waals surface area contributed by atoms with Crippen LogP contribution in [0.1, 0.15) is 29.9 Å². The maximum Gasteiger partial charge on any atom is 0.110 e. The number of aromatic amines is 1. The van der Waals surface area contributed by atoms with E-state index in [0.717, 1.165) is 12.5 Å². The molecule has 0 amide bonds. The predicted octanol–water partition coefficient (Wildman–Crippen LogP) is 2.58. The van der Waals surface area contributed by atoms with Crippen molar-refractivity contribution in [3.05, 3.63) is 29.3 Å². The molecule has 0 radical (unpaired) electrons. The number of anilines is 1. The minimum Gasteiger partial charge on any atom is -0.358 e. The molecule has 4 heterocycles. The standard InChI is InChI=1S/C15H19N3/c1-16-9-10-2-3-13-12(8-10)14-11-4-6-18(7-5-11)15(14)17-13/h2-3,8,11,16-17H,4-7,9H2,1H3. The molecule has 3 nitrogen and oxygen atoms in total. The van der Waals surface area contributed by atoms with Gasteiger partial charge in [0.1, 0.15) is 5.82 Å². The Hall–Kier alpha value is -1.48. The van der Waals surface area contributed by atoms with Gasteiger partial charge in [-0.3, -0.25) is 0 Å². The van der Waals surface area contributed by atoms with Crippen molar-refractivity contribution in [3.63, 3.8) is 0 Å². The lowest BCUT2D eigenvalue weighted by atomic mass is 9.84. The van der Waals surface area contributed by atoms with Crippen molar-refractivity contribution in [1.82, 2.24) is 10.3 Å². The number of piperidine rings is 1. The quantitative estimate of drug-likeness (QED) is 0.846. The van der Waals surface area contributed by atoms with Gasteiger partial charge in [0.15, 0.2) is 0 Å². The Balaban J connectivity index is 1.93. The number of fused-ring (bicyclic) bond motifs is 3. The summed E-state index contributed by atoms with van der Waals surface area (Å²) in [5, 5.41) is 4.69. The average Bonchev–Trinajstić information content (AvgIpc) is 2.81. The van der Waals surface area contributed by atoms with Crippen molar-refractivity contribution >= 4 is 16.7 Å². The number of rotatable bonds is 2. The number of hydrogen-bond donors (Lipinski definition) is 2. The molecule has 2 bridgehead atoms. The van der Waals surface area contributed by atoms with E-state index in [9.17, 15) is 0 Å². The van der Waals surface area contributed by atoms with E-state index in [1.807, 2.05) is 7.05 Å². The summed E-state index contributed by atoms with van der Waals surface area (Å²) in [5.74, 6) is 2.18. The lowest BCUT2D eigenvalue weighted by molar-refractivity contribution is 0.475. The van der Waals surface area contributed by atoms with Gasteiger partial charge in [-0.05, 0) is 43.5 Å². The molecule has 2 N–H and O–H groups in total. The van der Waals surface area contributed by atoms with E-state index >= 15 is 0 Å². The highest BCUT2D eigenvalue weighted by molar-refractivity contribution is 5.91. The van der Waals surface area contributed by atoms with Gasteiger partial charge in [-0.15, -0.1) is 0 Å². The monoisotopic (exact) mass is 241 g/mol. The SMILES string of the molecule is CNCc1ccc2[nH]c3c(c2c1)C1CCN3CC1. The first kappa shape index (κ1) is 10.4. The summed E-state index contributed by atoms with van der Waals surface area (Å²) in [6.07, 6.45) is 2.66. The fraction of sp³-hybridized carbons (Fsp3) is 0.467. The zero-order chi connectivity index (χ0) is 12.1. The van der Waals surface area contributed by atoms with Crippen molar-refractivity contribution in [2.45, 2.75) is 25.3 Å². The first-order chi connectivity index (χ1) is 8.86. The van der Waals surface area contributed by atoms with Crippen molar-refractivity contribution in [1.29, 1.82) is 0 Å². The molecule has 18 heavy (non-hydrogen) atoms. The summed E-state index contributed by atoms with van der Waals surface area (Å²) in [5.41, 5.74) is 4.27. The van der Waals surface area contributed by atoms with Crippen LogP contribution in [0.15, 0.2) is 18.2 Å². The molecule has 1 saturated heterocycles. The third-order valence-corrected chi connectivity index (χ3v) is 4.48. The van der Waals surface area contributed by atoms with Crippen LogP contribution in [0, 0.1) is 0 Å². The molecule has 3 aliphatic rings. The van der Waals surface area contributed by atoms with Gasteiger partial charge in [0.05, 0.1) is 0 Å². The van der Waals surface area contributed by atoms with Gasteiger partial charge in [-0.25, -0.2) is 0 Å². The van der Waals surface area contributed by atoms with E-state index in [1.54, 1.807) is 5.56 Å². The van der Waals surface area contributed by atoms with Gasteiger partial charge in [0, 0.05) is 36.1 Å². The predicted molar refractivity (Wildman–Crippen MR) is 75.3 cm³/mol. The summed E-state index contributed by atoms with van der Waals surface area (Å²) < 4.78 is 0. The molecule has 2 aromatic rings. The highest BCUT2D eigenvalue weighted by Crippen LogP contribution is 2.45. The van der Waals surface area contributed by atoms with Crippen LogP contribution in [0.4, 0.5) is 5.82 Å². The fourth-order valence-electron chi connectivity index (χ4n) is 3.61. The van der Waals surface area contributed by atoms with E-state index < -0.39 is 0 Å². The normalized spacial score (nSPS) is 18.6. The van der Waals surface area contributed by atoms with E-state index in [2.05, 4.69) is 33.4 Å². The molecule has 1 fully saturated rings. The van der Waals surface area contributed by atoms with Gasteiger partial charge in [-0.2, -0.15) is 0 Å². The molecular formula is C15H19N3. The highest BCUT2D eigenvalue weighted by atomic mass is 15.2. The number of H-pyrrole nitrogens is 1. The van der Waals surface area contributed by atoms with Crippen LogP contribution in [-0.4, -0.2) is 25.1 Å². The molecular weight excluding hydrogens is 222 g/mol. The molecule has 1 aromatic heterocycles. The van der Waals surface area contributed by atoms with Crippen LogP contribution in [-0.2, 0) is 6.54 Å². The Labute approximate surface area is 107 Å². The van der Waals surface area contributed by atoms with E-state index in [-0.39, 0.29) is 0 Å². The zero-order valence-electron chi connectivity index (χ0n) is 10.8. The molecule has 3 aliphatic heterocycles. The van der Waals surface area contributed by atoms with Crippen LogP contribution >= 0.6 is 0 Å². The van der Waals surface area contributed by atoms with Gasteiger partial charge >= 0.3 is 0 Å². The number of nitrogens with zero attached hydrogens (tertiary/aromatic N) is 1. The molecule has 0 spiro atoms. The average molecular weight is 241 g/mol. The third kappa shape index (κ3) is 1.34. The molecule has 0 unspecified atom stereocenters. The summed E-state index contributed by atoms with van der Waals surface area (Å²) in [6, 6.07) is 6.82. The number of nitrogens with one attached hydrogen (secondary N) is 2. The van der Waals surface area contributed by atoms with Crippen LogP contribution in [0.5, 0.6) is 0 Å². The van der Waals surface area contributed by atoms with Gasteiger partial charge in [0.25, 0.3) is 0 Å². The Bertz CT molecular complexity index is 591. The van der Waals surface area contributed by atoms with Crippen LogP contribution < -0.4 is 10.2 Å². The van der Waals surface area contributed by atoms with Gasteiger partial charge in [0.2, 0.25) is 0 Å². The summed E-state index contributed by atoms with van der Waals surface area (Å²) in [6.45, 7) is 3.41. The first-order valence-corrected chi connectivity index (χ1v) is 6.91. The summed E-state index contributed by atoms with van der Waals surface area (Å²) in [4.78, 5) is 6.14. The second kappa shape index (κ2) is 3.75. The van der Waals surface area contributed by atoms with Crippen molar-refractivity contribution < 1.29 is 0 Å². The Morgan fingerprint density at radius 1 is 1.33 bits per heavy atom. The largest absolute Gasteiger partial charge is 0.358 e. The number of benzene rings is 1. The molecule has 0 saturated carbocycles. The minimum absolute atomic E-state index is 0.781. The van der Waals surface area contributed by atoms with E-state index in [1.165, 1.54) is 48.2 Å². The number of aromatic nitrogens is 1. The van der Waals surface area contributed by atoms with Crippen LogP contribution in [0.3, 0.4) is 0 Å². The van der Waals surface area contributed by atoms with Crippen molar-refractivity contribution in [2.75, 3.05) is 25.0 Å². The number of hydrogen-bond acceptors (Lipinski definition) is 2. The van der Waals surface area contributed by atoms with E-state index in [4.69, 9.17) is 0 Å². The second-order valence-corrected chi connectivity index (χ2v) is 5.56. The lowest BCUT2D eigenvalue weighted by Gasteiger charge is -2.40. The van der Waals surface area contributed by atoms with Crippen LogP contribution in [0.2, 0.25) is 0 Å². The molecule has 3 heteroatoms. The Kier molecular flexibility index (Phi) is 2.18. The van der Waals surface area contributed by atoms with Gasteiger partial charge in [-0.1, -0.05) is 6.07 Å². The minimum atomic E-state index is 0.781.